The summed E-state index contributed by atoms with van der Waals surface area (Å²) in [6, 6.07) is 5.84. The second-order valence-corrected chi connectivity index (χ2v) is 7.93. The molecule has 0 radical (unpaired) electrons. The zero-order chi connectivity index (χ0) is 22.7. The lowest BCUT2D eigenvalue weighted by Crippen LogP contribution is -2.58. The maximum atomic E-state index is 12.7. The van der Waals surface area contributed by atoms with Gasteiger partial charge in [0.15, 0.2) is 0 Å². The molecule has 0 unspecified atom stereocenters. The van der Waals surface area contributed by atoms with Gasteiger partial charge in [0.2, 0.25) is 17.7 Å². The number of carbonyl (C=O) groups excluding carboxylic acids is 4. The molecule has 0 saturated carbocycles. The van der Waals surface area contributed by atoms with Crippen molar-refractivity contribution in [3.63, 3.8) is 0 Å². The lowest BCUT2D eigenvalue weighted by molar-refractivity contribution is -0.133. The predicted octanol–water partition coefficient (Wildman–Crippen LogP) is -0.275. The van der Waals surface area contributed by atoms with Gasteiger partial charge in [0.25, 0.3) is 0 Å². The number of rotatable bonds is 12. The van der Waals surface area contributed by atoms with Gasteiger partial charge < -0.3 is 26.5 Å². The number of benzene rings is 1. The van der Waals surface area contributed by atoms with Crippen molar-refractivity contribution < 1.29 is 19.2 Å². The molecule has 1 aromatic carbocycles. The van der Waals surface area contributed by atoms with Crippen molar-refractivity contribution in [3.05, 3.63) is 35.9 Å². The number of hydrogen-bond donors (Lipinski definition) is 6. The Balaban J connectivity index is 2.73. The van der Waals surface area contributed by atoms with E-state index in [1.54, 1.807) is 13.8 Å². The van der Waals surface area contributed by atoms with Crippen LogP contribution in [0.4, 0.5) is 0 Å². The van der Waals surface area contributed by atoms with Crippen molar-refractivity contribution in [1.29, 1.82) is 0 Å². The summed E-state index contributed by atoms with van der Waals surface area (Å²) in [4.78, 5) is 48.5. The SMILES string of the molecule is CC(C)[C@H](NC(=O)[C@H](CS)NC(=O)[C@@H](N)Cc1ccccc1)C(=O)N[C@H](C=O)CS. The molecular weight excluding hydrogens is 424 g/mol. The molecule has 3 amide bonds. The van der Waals surface area contributed by atoms with E-state index >= 15 is 0 Å². The van der Waals surface area contributed by atoms with Gasteiger partial charge in [-0.1, -0.05) is 44.2 Å². The molecular formula is C20H30N4O4S2. The van der Waals surface area contributed by atoms with E-state index in [2.05, 4.69) is 41.2 Å². The maximum absolute atomic E-state index is 12.7. The molecule has 1 aromatic rings. The summed E-state index contributed by atoms with van der Waals surface area (Å²) in [5.41, 5.74) is 6.86. The first-order valence-corrected chi connectivity index (χ1v) is 10.9. The molecule has 30 heavy (non-hydrogen) atoms. The molecule has 0 aliphatic rings. The molecule has 1 rings (SSSR count). The molecule has 8 nitrogen and oxygen atoms in total. The van der Waals surface area contributed by atoms with E-state index in [-0.39, 0.29) is 17.4 Å². The fraction of sp³-hybridized carbons (Fsp3) is 0.500. The molecule has 0 fully saturated rings. The van der Waals surface area contributed by atoms with Crippen molar-refractivity contribution in [2.45, 2.75) is 44.4 Å². The fourth-order valence-electron chi connectivity index (χ4n) is 2.62. The minimum absolute atomic E-state index is 0.0235. The Morgan fingerprint density at radius 3 is 2.10 bits per heavy atom. The van der Waals surface area contributed by atoms with E-state index in [4.69, 9.17) is 5.73 Å². The monoisotopic (exact) mass is 454 g/mol. The van der Waals surface area contributed by atoms with Crippen LogP contribution in [-0.4, -0.2) is 59.7 Å². The minimum atomic E-state index is -0.969. The summed E-state index contributed by atoms with van der Waals surface area (Å²) < 4.78 is 0. The molecule has 5 N–H and O–H groups in total. The van der Waals surface area contributed by atoms with Gasteiger partial charge in [-0.3, -0.25) is 14.4 Å². The molecule has 0 aliphatic carbocycles. The predicted molar refractivity (Wildman–Crippen MR) is 123 cm³/mol. The molecule has 0 bridgehead atoms. The third-order valence-electron chi connectivity index (χ3n) is 4.39. The summed E-state index contributed by atoms with van der Waals surface area (Å²) in [6.45, 7) is 3.51. The number of thiol groups is 2. The fourth-order valence-corrected chi connectivity index (χ4v) is 3.05. The van der Waals surface area contributed by atoms with E-state index in [0.717, 1.165) is 5.56 Å². The Morgan fingerprint density at radius 2 is 1.60 bits per heavy atom. The lowest BCUT2D eigenvalue weighted by atomic mass is 10.0. The number of hydrogen-bond acceptors (Lipinski definition) is 7. The first-order chi connectivity index (χ1) is 14.2. The zero-order valence-electron chi connectivity index (χ0n) is 17.1. The van der Waals surface area contributed by atoms with Crippen molar-refractivity contribution >= 4 is 49.3 Å². The molecule has 0 saturated heterocycles. The molecule has 0 aromatic heterocycles. The summed E-state index contributed by atoms with van der Waals surface area (Å²) in [5, 5.41) is 7.72. The van der Waals surface area contributed by atoms with Gasteiger partial charge >= 0.3 is 0 Å². The lowest BCUT2D eigenvalue weighted by Gasteiger charge is -2.26. The Labute approximate surface area is 187 Å². The third-order valence-corrected chi connectivity index (χ3v) is 5.14. The largest absolute Gasteiger partial charge is 0.344 e. The second kappa shape index (κ2) is 13.3. The van der Waals surface area contributed by atoms with E-state index in [1.165, 1.54) is 0 Å². The van der Waals surface area contributed by atoms with Gasteiger partial charge in [0, 0.05) is 11.5 Å². The molecule has 4 atom stereocenters. The van der Waals surface area contributed by atoms with Crippen LogP contribution in [-0.2, 0) is 25.6 Å². The molecule has 0 heterocycles. The first kappa shape index (κ1) is 26.0. The van der Waals surface area contributed by atoms with E-state index < -0.39 is 41.9 Å². The summed E-state index contributed by atoms with van der Waals surface area (Å²) in [7, 11) is 0. The Morgan fingerprint density at radius 1 is 0.967 bits per heavy atom. The summed E-state index contributed by atoms with van der Waals surface area (Å²) in [5.74, 6) is -1.65. The zero-order valence-corrected chi connectivity index (χ0v) is 18.9. The minimum Gasteiger partial charge on any atom is -0.344 e. The Kier molecular flexibility index (Phi) is 11.5. The van der Waals surface area contributed by atoms with Crippen molar-refractivity contribution in [2.75, 3.05) is 11.5 Å². The number of nitrogens with two attached hydrogens (primary N) is 1. The number of aldehydes is 1. The normalized spacial score (nSPS) is 14.9. The quantitative estimate of drug-likeness (QED) is 0.191. The average molecular weight is 455 g/mol. The second-order valence-electron chi connectivity index (χ2n) is 7.20. The molecule has 166 valence electrons. The van der Waals surface area contributed by atoms with Crippen molar-refractivity contribution in [3.8, 4) is 0 Å². The van der Waals surface area contributed by atoms with Crippen LogP contribution in [0.5, 0.6) is 0 Å². The van der Waals surface area contributed by atoms with Gasteiger partial charge in [0.05, 0.1) is 12.1 Å². The highest BCUT2D eigenvalue weighted by molar-refractivity contribution is 7.80. The van der Waals surface area contributed by atoms with Crippen molar-refractivity contribution in [1.82, 2.24) is 16.0 Å². The van der Waals surface area contributed by atoms with Gasteiger partial charge in [-0.15, -0.1) is 0 Å². The third kappa shape index (κ3) is 8.37. The number of amides is 3. The van der Waals surface area contributed by atoms with E-state index in [0.29, 0.717) is 12.7 Å². The van der Waals surface area contributed by atoms with E-state index in [9.17, 15) is 19.2 Å². The van der Waals surface area contributed by atoms with Crippen LogP contribution in [0.1, 0.15) is 19.4 Å². The number of nitrogens with one attached hydrogen (secondary N) is 3. The Bertz CT molecular complexity index is 718. The smallest absolute Gasteiger partial charge is 0.244 e. The molecule has 10 heteroatoms. The first-order valence-electron chi connectivity index (χ1n) is 9.61. The van der Waals surface area contributed by atoms with Crippen LogP contribution < -0.4 is 21.7 Å². The maximum Gasteiger partial charge on any atom is 0.244 e. The van der Waals surface area contributed by atoms with Crippen molar-refractivity contribution in [2.24, 2.45) is 11.7 Å². The molecule has 0 aliphatic heterocycles. The van der Waals surface area contributed by atoms with Crippen LogP contribution in [0.3, 0.4) is 0 Å². The van der Waals surface area contributed by atoms with Gasteiger partial charge in [-0.25, -0.2) is 0 Å². The summed E-state index contributed by atoms with van der Waals surface area (Å²) in [6.07, 6.45) is 0.899. The van der Waals surface area contributed by atoms with Crippen LogP contribution in [0, 0.1) is 5.92 Å². The van der Waals surface area contributed by atoms with Gasteiger partial charge in [-0.05, 0) is 17.9 Å². The van der Waals surface area contributed by atoms with Crippen LogP contribution in [0.25, 0.3) is 0 Å². The highest BCUT2D eigenvalue weighted by atomic mass is 32.1. The topological polar surface area (TPSA) is 130 Å². The highest BCUT2D eigenvalue weighted by Crippen LogP contribution is 2.05. The van der Waals surface area contributed by atoms with Crippen LogP contribution >= 0.6 is 25.3 Å². The highest BCUT2D eigenvalue weighted by Gasteiger charge is 2.30. The Hall–Kier alpha value is -2.04. The van der Waals surface area contributed by atoms with Gasteiger partial charge in [-0.2, -0.15) is 25.3 Å². The molecule has 0 spiro atoms. The van der Waals surface area contributed by atoms with Crippen LogP contribution in [0.2, 0.25) is 0 Å². The standard InChI is InChI=1S/C20H30N4O4S2/c1-12(2)17(20(28)22-14(9-25)10-29)24-19(27)16(11-30)23-18(26)15(21)8-13-6-4-3-5-7-13/h3-7,9,12,14-17,29-30H,8,10-11,21H2,1-2H3,(H,22,28)(H,23,26)(H,24,27)/t14-,15+,16+,17+/m1/s1. The summed E-state index contributed by atoms with van der Waals surface area (Å²) >= 11 is 8.13. The number of carbonyl (C=O) groups is 4. The van der Waals surface area contributed by atoms with Crippen LogP contribution in [0.15, 0.2) is 30.3 Å². The van der Waals surface area contributed by atoms with E-state index in [1.807, 2.05) is 30.3 Å². The average Bonchev–Trinajstić information content (AvgIpc) is 2.73. The van der Waals surface area contributed by atoms with Gasteiger partial charge in [0.1, 0.15) is 18.4 Å².